The molecule has 0 spiro atoms. The number of ether oxygens (including phenoxy) is 1. The zero-order valence-electron chi connectivity index (χ0n) is 14.4. The monoisotopic (exact) mass is 384 g/mol. The summed E-state index contributed by atoms with van der Waals surface area (Å²) in [6.07, 6.45) is 1.41. The van der Waals surface area contributed by atoms with Crippen LogP contribution in [-0.2, 0) is 0 Å². The van der Waals surface area contributed by atoms with Crippen molar-refractivity contribution < 1.29 is 13.8 Å². The molecular formula is C18H25ClN2O3S. The number of halogens is 1. The smallest absolute Gasteiger partial charge is 0.206 e. The molecule has 0 radical (unpaired) electrons. The Labute approximate surface area is 157 Å². The molecule has 5 nitrogen and oxygen atoms in total. The summed E-state index contributed by atoms with van der Waals surface area (Å²) in [6, 6.07) is 17.0. The maximum absolute atomic E-state index is 11.0. The largest absolute Gasteiger partial charge is 0.467 e. The van der Waals surface area contributed by atoms with Gasteiger partial charge in [-0.2, -0.15) is 0 Å². The first kappa shape index (κ1) is 19.9. The third-order valence-corrected chi connectivity index (χ3v) is 5.98. The van der Waals surface area contributed by atoms with Crippen molar-refractivity contribution in [3.63, 3.8) is 0 Å². The van der Waals surface area contributed by atoms with Crippen molar-refractivity contribution in [3.8, 4) is 5.75 Å². The van der Waals surface area contributed by atoms with Gasteiger partial charge in [0.1, 0.15) is 11.4 Å². The van der Waals surface area contributed by atoms with Gasteiger partial charge in [-0.15, -0.1) is 12.4 Å². The fraction of sp³-hybridized carbons (Fsp3) is 0.333. The van der Waals surface area contributed by atoms with Crippen LogP contribution < -0.4 is 9.04 Å². The number of benzene rings is 2. The van der Waals surface area contributed by atoms with Crippen molar-refractivity contribution in [3.05, 3.63) is 54.6 Å². The van der Waals surface area contributed by atoms with Gasteiger partial charge in [-0.25, -0.2) is 4.31 Å². The second kappa shape index (κ2) is 8.29. The van der Waals surface area contributed by atoms with E-state index in [0.717, 1.165) is 18.7 Å². The third-order valence-electron chi connectivity index (χ3n) is 4.00. The molecule has 1 aliphatic heterocycles. The second-order valence-corrected chi connectivity index (χ2v) is 8.17. The zero-order valence-corrected chi connectivity index (χ0v) is 16.0. The lowest BCUT2D eigenvalue weighted by atomic mass is 10.2. The van der Waals surface area contributed by atoms with Crippen LogP contribution >= 0.6 is 23.2 Å². The van der Waals surface area contributed by atoms with E-state index in [1.165, 1.54) is 0 Å². The molecule has 25 heavy (non-hydrogen) atoms. The van der Waals surface area contributed by atoms with Gasteiger partial charge in [0.25, 0.3) is 0 Å². The van der Waals surface area contributed by atoms with Gasteiger partial charge >= 0.3 is 0 Å². The van der Waals surface area contributed by atoms with E-state index in [-0.39, 0.29) is 12.4 Å². The highest BCUT2D eigenvalue weighted by Gasteiger charge is 2.40. The molecule has 3 rings (SSSR count). The minimum absolute atomic E-state index is 0. The molecule has 0 aromatic heterocycles. The van der Waals surface area contributed by atoms with Crippen molar-refractivity contribution in [2.75, 3.05) is 24.9 Å². The number of rotatable bonds is 5. The summed E-state index contributed by atoms with van der Waals surface area (Å²) in [5.74, 6) is 0.683. The molecule has 2 aromatic carbocycles. The van der Waals surface area contributed by atoms with Gasteiger partial charge in [-0.1, -0.05) is 41.1 Å². The summed E-state index contributed by atoms with van der Waals surface area (Å²) in [4.78, 5) is 2.08. The van der Waals surface area contributed by atoms with Gasteiger partial charge in [0.15, 0.2) is 0 Å². The standard InChI is InChI=1S/C18H24N2O3S.ClH/c1-19(2)14-8-13-18-23-17-12-7-6-11-16(17)20(24(18,21)22)15-9-4-3-5-10-15;/h3-7,9-12,18,21-22H,8,13-14H2,1-2H3;1H. The Bertz CT molecular complexity index is 685. The van der Waals surface area contributed by atoms with Crippen molar-refractivity contribution in [1.82, 2.24) is 4.90 Å². The van der Waals surface area contributed by atoms with Crippen LogP contribution in [0.25, 0.3) is 0 Å². The quantitative estimate of drug-likeness (QED) is 0.761. The predicted octanol–water partition coefficient (Wildman–Crippen LogP) is 4.97. The number of para-hydroxylation sites is 3. The third kappa shape index (κ3) is 4.22. The number of hydrogen-bond acceptors (Lipinski definition) is 5. The zero-order chi connectivity index (χ0) is 17.2. The SMILES string of the molecule is CN(C)CCCC1Oc2ccccc2N(c2ccccc2)S1(O)O.Cl. The summed E-state index contributed by atoms with van der Waals surface area (Å²) in [6.45, 7) is 0.877. The highest BCUT2D eigenvalue weighted by Crippen LogP contribution is 2.61. The van der Waals surface area contributed by atoms with Gasteiger partial charge in [-0.05, 0) is 51.3 Å². The summed E-state index contributed by atoms with van der Waals surface area (Å²) >= 11 is 0. The number of anilines is 2. The molecule has 0 amide bonds. The van der Waals surface area contributed by atoms with Crippen molar-refractivity contribution in [2.24, 2.45) is 0 Å². The van der Waals surface area contributed by atoms with Gasteiger partial charge < -0.3 is 9.64 Å². The molecule has 0 bridgehead atoms. The Balaban J connectivity index is 0.00000225. The van der Waals surface area contributed by atoms with Crippen molar-refractivity contribution >= 4 is 34.6 Å². The number of fused-ring (bicyclic) bond motifs is 1. The minimum Gasteiger partial charge on any atom is -0.467 e. The van der Waals surface area contributed by atoms with Gasteiger partial charge in [0.2, 0.25) is 5.44 Å². The molecule has 7 heteroatoms. The molecule has 1 aliphatic rings. The van der Waals surface area contributed by atoms with Crippen LogP contribution in [0.2, 0.25) is 0 Å². The first-order chi connectivity index (χ1) is 11.5. The fourth-order valence-corrected chi connectivity index (χ4v) is 4.67. The average Bonchev–Trinajstić information content (AvgIpc) is 2.55. The Morgan fingerprint density at radius 2 is 1.68 bits per heavy atom. The lowest BCUT2D eigenvalue weighted by molar-refractivity contribution is 0.229. The van der Waals surface area contributed by atoms with Crippen LogP contribution in [0.5, 0.6) is 5.75 Å². The maximum Gasteiger partial charge on any atom is 0.206 e. The normalized spacial score (nSPS) is 19.6. The van der Waals surface area contributed by atoms with Crippen LogP contribution in [0, 0.1) is 0 Å². The number of hydrogen-bond donors (Lipinski definition) is 2. The van der Waals surface area contributed by atoms with Crippen molar-refractivity contribution in [1.29, 1.82) is 0 Å². The van der Waals surface area contributed by atoms with Gasteiger partial charge in [0, 0.05) is 6.42 Å². The molecule has 0 saturated carbocycles. The predicted molar refractivity (Wildman–Crippen MR) is 107 cm³/mol. The molecule has 0 fully saturated rings. The molecule has 1 atom stereocenters. The van der Waals surface area contributed by atoms with Crippen LogP contribution in [0.3, 0.4) is 0 Å². The van der Waals surface area contributed by atoms with Gasteiger partial charge in [0.05, 0.1) is 5.69 Å². The Kier molecular flexibility index (Phi) is 6.59. The van der Waals surface area contributed by atoms with E-state index < -0.39 is 16.2 Å². The van der Waals surface area contributed by atoms with Crippen LogP contribution in [0.15, 0.2) is 54.6 Å². The lowest BCUT2D eigenvalue weighted by Gasteiger charge is -2.51. The van der Waals surface area contributed by atoms with Crippen molar-refractivity contribution in [2.45, 2.75) is 18.3 Å². The van der Waals surface area contributed by atoms with E-state index in [9.17, 15) is 9.11 Å². The van der Waals surface area contributed by atoms with E-state index in [1.54, 1.807) is 4.31 Å². The summed E-state index contributed by atoms with van der Waals surface area (Å²) < 4.78 is 29.6. The molecule has 1 unspecified atom stereocenters. The van der Waals surface area contributed by atoms with E-state index in [4.69, 9.17) is 4.74 Å². The average molecular weight is 385 g/mol. The summed E-state index contributed by atoms with van der Waals surface area (Å²) in [5.41, 5.74) is 0.797. The fourth-order valence-electron chi connectivity index (χ4n) is 2.84. The highest BCUT2D eigenvalue weighted by atomic mass is 35.5. The van der Waals surface area contributed by atoms with E-state index in [0.29, 0.717) is 17.9 Å². The molecule has 0 saturated heterocycles. The summed E-state index contributed by atoms with van der Waals surface area (Å²) in [5, 5.41) is 0. The van der Waals surface area contributed by atoms with E-state index in [2.05, 4.69) is 4.90 Å². The van der Waals surface area contributed by atoms with Crippen LogP contribution in [-0.4, -0.2) is 40.1 Å². The lowest BCUT2D eigenvalue weighted by Crippen LogP contribution is -2.39. The Hall–Kier alpha value is -1.44. The Morgan fingerprint density at radius 3 is 2.36 bits per heavy atom. The molecule has 0 aliphatic carbocycles. The Morgan fingerprint density at radius 1 is 1.04 bits per heavy atom. The minimum atomic E-state index is -3.14. The molecule has 2 N–H and O–H groups in total. The molecule has 2 aromatic rings. The maximum atomic E-state index is 11.0. The summed E-state index contributed by atoms with van der Waals surface area (Å²) in [7, 11) is 0.874. The molecule has 1 heterocycles. The van der Waals surface area contributed by atoms with Gasteiger partial charge in [-0.3, -0.25) is 9.11 Å². The van der Waals surface area contributed by atoms with E-state index in [1.807, 2.05) is 68.7 Å². The highest BCUT2D eigenvalue weighted by molar-refractivity contribution is 8.26. The van der Waals surface area contributed by atoms with E-state index >= 15 is 0 Å². The first-order valence-corrected chi connectivity index (χ1v) is 9.59. The molecule has 138 valence electrons. The van der Waals surface area contributed by atoms with Crippen LogP contribution in [0.4, 0.5) is 11.4 Å². The second-order valence-electron chi connectivity index (χ2n) is 6.15. The van der Waals surface area contributed by atoms with Crippen LogP contribution in [0.1, 0.15) is 12.8 Å². The molecular weight excluding hydrogens is 360 g/mol. The first-order valence-electron chi connectivity index (χ1n) is 8.03. The number of nitrogens with zero attached hydrogens (tertiary/aromatic N) is 2. The topological polar surface area (TPSA) is 56.2 Å².